The molecular formula is C20H27N3O3S2. The summed E-state index contributed by atoms with van der Waals surface area (Å²) in [5.41, 5.74) is 2.63. The number of aromatic nitrogens is 1. The molecule has 1 saturated heterocycles. The van der Waals surface area contributed by atoms with Crippen LogP contribution in [0.1, 0.15) is 46.8 Å². The van der Waals surface area contributed by atoms with Gasteiger partial charge in [0.05, 0.1) is 34.2 Å². The van der Waals surface area contributed by atoms with Gasteiger partial charge in [0.15, 0.2) is 5.13 Å². The van der Waals surface area contributed by atoms with Gasteiger partial charge in [0, 0.05) is 24.5 Å². The smallest absolute Gasteiger partial charge is 0.337 e. The first-order valence-corrected chi connectivity index (χ1v) is 11.4. The molecule has 0 saturated carbocycles. The molecule has 152 valence electrons. The van der Waals surface area contributed by atoms with E-state index in [9.17, 15) is 9.90 Å². The Balaban J connectivity index is 1.81. The number of carboxylic acid groups (broad SMARTS) is 1. The Hall–Kier alpha value is -1.48. The molecule has 6 nitrogen and oxygen atoms in total. The number of nitrogens with zero attached hydrogens (tertiary/aromatic N) is 2. The van der Waals surface area contributed by atoms with Crippen LogP contribution in [0.15, 0.2) is 0 Å². The summed E-state index contributed by atoms with van der Waals surface area (Å²) in [7, 11) is 1.90. The lowest BCUT2D eigenvalue weighted by atomic mass is 9.76. The predicted octanol–water partition coefficient (Wildman–Crippen LogP) is 3.64. The molecule has 4 rings (SSSR count). The van der Waals surface area contributed by atoms with E-state index in [0.29, 0.717) is 25.3 Å². The van der Waals surface area contributed by atoms with Crippen molar-refractivity contribution in [2.45, 2.75) is 39.7 Å². The molecule has 0 spiro atoms. The number of hydrogen-bond acceptors (Lipinski definition) is 7. The number of anilines is 1. The van der Waals surface area contributed by atoms with E-state index >= 15 is 0 Å². The summed E-state index contributed by atoms with van der Waals surface area (Å²) in [5, 5.41) is 14.2. The largest absolute Gasteiger partial charge is 0.478 e. The number of aromatic carboxylic acids is 1. The third-order valence-corrected chi connectivity index (χ3v) is 8.12. The van der Waals surface area contributed by atoms with Crippen LogP contribution in [-0.2, 0) is 24.1 Å². The van der Waals surface area contributed by atoms with Gasteiger partial charge in [0.25, 0.3) is 0 Å². The number of carboxylic acids is 1. The fourth-order valence-corrected chi connectivity index (χ4v) is 6.60. The van der Waals surface area contributed by atoms with E-state index in [1.54, 1.807) is 22.7 Å². The predicted molar refractivity (Wildman–Crippen MR) is 114 cm³/mol. The second-order valence-corrected chi connectivity index (χ2v) is 10.3. The van der Waals surface area contributed by atoms with Crippen LogP contribution in [0.3, 0.4) is 0 Å². The average Bonchev–Trinajstić information content (AvgIpc) is 3.23. The van der Waals surface area contributed by atoms with Crippen LogP contribution in [0.2, 0.25) is 0 Å². The summed E-state index contributed by atoms with van der Waals surface area (Å²) in [6, 6.07) is 0. The first kappa shape index (κ1) is 19.8. The Morgan fingerprint density at radius 1 is 1.29 bits per heavy atom. The monoisotopic (exact) mass is 421 g/mol. The molecule has 2 N–H and O–H groups in total. The normalized spacial score (nSPS) is 18.9. The maximum Gasteiger partial charge on any atom is 0.337 e. The molecule has 2 aliphatic rings. The topological polar surface area (TPSA) is 74.7 Å². The molecule has 1 aliphatic heterocycles. The highest BCUT2D eigenvalue weighted by molar-refractivity contribution is 7.24. The molecular weight excluding hydrogens is 394 g/mol. The third-order valence-electron chi connectivity index (χ3n) is 5.51. The minimum Gasteiger partial charge on any atom is -0.478 e. The molecule has 0 radical (unpaired) electrons. The van der Waals surface area contributed by atoms with Crippen LogP contribution in [0.5, 0.6) is 0 Å². The molecule has 2 aromatic rings. The van der Waals surface area contributed by atoms with E-state index < -0.39 is 5.97 Å². The van der Waals surface area contributed by atoms with Crippen molar-refractivity contribution in [3.63, 3.8) is 0 Å². The van der Waals surface area contributed by atoms with Gasteiger partial charge in [0.2, 0.25) is 0 Å². The highest BCUT2D eigenvalue weighted by atomic mass is 32.1. The summed E-state index contributed by atoms with van der Waals surface area (Å²) in [4.78, 5) is 22.5. The minimum absolute atomic E-state index is 0.149. The van der Waals surface area contributed by atoms with Gasteiger partial charge in [-0.1, -0.05) is 25.2 Å². The Kier molecular flexibility index (Phi) is 5.48. The lowest BCUT2D eigenvalue weighted by Gasteiger charge is -2.29. The number of thiophene rings is 1. The van der Waals surface area contributed by atoms with Crippen molar-refractivity contribution < 1.29 is 14.6 Å². The van der Waals surface area contributed by atoms with Gasteiger partial charge in [0.1, 0.15) is 0 Å². The van der Waals surface area contributed by atoms with Crippen molar-refractivity contribution in [2.24, 2.45) is 5.41 Å². The van der Waals surface area contributed by atoms with E-state index in [4.69, 9.17) is 9.72 Å². The number of thiazole rings is 1. The Labute approximate surface area is 173 Å². The molecule has 0 bridgehead atoms. The fourth-order valence-electron chi connectivity index (χ4n) is 4.00. The van der Waals surface area contributed by atoms with Gasteiger partial charge >= 0.3 is 5.97 Å². The van der Waals surface area contributed by atoms with Gasteiger partial charge in [-0.05, 0) is 37.3 Å². The lowest BCUT2D eigenvalue weighted by Crippen LogP contribution is -2.36. The van der Waals surface area contributed by atoms with Crippen LogP contribution in [0.25, 0.3) is 9.75 Å². The van der Waals surface area contributed by atoms with Crippen molar-refractivity contribution in [3.8, 4) is 9.75 Å². The van der Waals surface area contributed by atoms with Crippen molar-refractivity contribution in [1.82, 2.24) is 10.3 Å². The molecule has 0 amide bonds. The van der Waals surface area contributed by atoms with Crippen molar-refractivity contribution in [2.75, 3.05) is 38.3 Å². The highest BCUT2D eigenvalue weighted by Gasteiger charge is 2.34. The second-order valence-electron chi connectivity index (χ2n) is 8.26. The number of carbonyl (C=O) groups is 1. The Bertz CT molecular complexity index is 882. The highest BCUT2D eigenvalue weighted by Crippen LogP contribution is 2.48. The molecule has 1 fully saturated rings. The van der Waals surface area contributed by atoms with Gasteiger partial charge < -0.3 is 20.1 Å². The zero-order chi connectivity index (χ0) is 19.9. The van der Waals surface area contributed by atoms with E-state index in [1.807, 2.05) is 7.05 Å². The maximum atomic E-state index is 12.3. The van der Waals surface area contributed by atoms with Crippen molar-refractivity contribution in [1.29, 1.82) is 0 Å². The number of fused-ring (bicyclic) bond motifs is 1. The van der Waals surface area contributed by atoms with Crippen molar-refractivity contribution >= 4 is 33.8 Å². The summed E-state index contributed by atoms with van der Waals surface area (Å²) in [6.07, 6.45) is 2.89. The number of morpholine rings is 1. The molecule has 8 heteroatoms. The van der Waals surface area contributed by atoms with Gasteiger partial charge in [-0.15, -0.1) is 11.3 Å². The summed E-state index contributed by atoms with van der Waals surface area (Å²) < 4.78 is 5.46. The number of rotatable bonds is 5. The summed E-state index contributed by atoms with van der Waals surface area (Å²) in [5.74, 6) is -0.818. The van der Waals surface area contributed by atoms with Gasteiger partial charge in [-0.2, -0.15) is 0 Å². The Morgan fingerprint density at radius 3 is 2.71 bits per heavy atom. The van der Waals surface area contributed by atoms with Crippen molar-refractivity contribution in [3.05, 3.63) is 21.7 Å². The zero-order valence-corrected chi connectivity index (χ0v) is 18.3. The average molecular weight is 422 g/mol. The minimum atomic E-state index is -0.818. The Morgan fingerprint density at radius 2 is 2.04 bits per heavy atom. The zero-order valence-electron chi connectivity index (χ0n) is 16.6. The molecule has 0 atom stereocenters. The van der Waals surface area contributed by atoms with Crippen LogP contribution in [0, 0.1) is 5.41 Å². The maximum absolute atomic E-state index is 12.3. The molecule has 3 heterocycles. The fraction of sp³-hybridized carbons (Fsp3) is 0.600. The SMILES string of the molecule is CNCc1nc(N2CCOCC2)sc1-c1sc2c(c1C(=O)O)CC(C)(C)CC2. The van der Waals surface area contributed by atoms with Crippen LogP contribution in [-0.4, -0.2) is 49.4 Å². The van der Waals surface area contributed by atoms with Crippen LogP contribution in [0.4, 0.5) is 5.13 Å². The molecule has 0 aromatic carbocycles. The third kappa shape index (κ3) is 3.70. The van der Waals surface area contributed by atoms with E-state index in [0.717, 1.165) is 58.5 Å². The van der Waals surface area contributed by atoms with Gasteiger partial charge in [-0.25, -0.2) is 9.78 Å². The lowest BCUT2D eigenvalue weighted by molar-refractivity contribution is 0.0696. The molecule has 1 aliphatic carbocycles. The van der Waals surface area contributed by atoms with E-state index in [2.05, 4.69) is 24.1 Å². The standard InChI is InChI=1S/C20H27N3O3S2/c1-20(2)5-4-14-12(10-20)15(18(24)25)17(27-14)16-13(11-21-3)22-19(28-16)23-6-8-26-9-7-23/h21H,4-11H2,1-3H3,(H,24,25). The van der Waals surface area contributed by atoms with E-state index in [1.165, 1.54) is 4.88 Å². The summed E-state index contributed by atoms with van der Waals surface area (Å²) >= 11 is 3.28. The van der Waals surface area contributed by atoms with E-state index in [-0.39, 0.29) is 5.41 Å². The van der Waals surface area contributed by atoms with Crippen LogP contribution < -0.4 is 10.2 Å². The first-order valence-electron chi connectivity index (χ1n) is 9.75. The molecule has 0 unspecified atom stereocenters. The quantitative estimate of drug-likeness (QED) is 0.768. The molecule has 28 heavy (non-hydrogen) atoms. The van der Waals surface area contributed by atoms with Gasteiger partial charge in [-0.3, -0.25) is 0 Å². The molecule has 2 aromatic heterocycles. The second kappa shape index (κ2) is 7.74. The number of aryl methyl sites for hydroxylation is 1. The number of hydrogen-bond donors (Lipinski definition) is 2. The summed E-state index contributed by atoms with van der Waals surface area (Å²) in [6.45, 7) is 8.16. The number of ether oxygens (including phenoxy) is 1. The first-order chi connectivity index (χ1) is 13.4. The van der Waals surface area contributed by atoms with Crippen LogP contribution >= 0.6 is 22.7 Å². The number of nitrogens with one attached hydrogen (secondary N) is 1.